The molecule has 3 aromatic carbocycles. The number of hydrogen-bond acceptors (Lipinski definition) is 3. The number of benzene rings is 3. The third-order valence-corrected chi connectivity index (χ3v) is 4.87. The second-order valence-corrected chi connectivity index (χ2v) is 6.76. The lowest BCUT2D eigenvalue weighted by atomic mass is 10.1. The molecule has 136 valence electrons. The van der Waals surface area contributed by atoms with Crippen molar-refractivity contribution in [3.05, 3.63) is 78.6 Å². The van der Waals surface area contributed by atoms with Gasteiger partial charge in [-0.05, 0) is 41.1 Å². The molecule has 0 spiro atoms. The Bertz CT molecular complexity index is 1270. The molecule has 0 unspecified atom stereocenters. The minimum atomic E-state index is -0.0951. The second kappa shape index (κ2) is 6.78. The normalized spacial score (nSPS) is 13.2. The van der Waals surface area contributed by atoms with Gasteiger partial charge in [0, 0.05) is 18.3 Å². The number of aromatic nitrogens is 2. The molecule has 1 aromatic heterocycles. The molecule has 2 heterocycles. The molecule has 0 fully saturated rings. The average Bonchev–Trinajstić information content (AvgIpc) is 3.36. The van der Waals surface area contributed by atoms with E-state index in [0.717, 1.165) is 45.4 Å². The van der Waals surface area contributed by atoms with E-state index < -0.39 is 0 Å². The van der Waals surface area contributed by atoms with Crippen LogP contribution in [0.3, 0.4) is 0 Å². The van der Waals surface area contributed by atoms with Gasteiger partial charge in [0.2, 0.25) is 5.91 Å². The Morgan fingerprint density at radius 2 is 1.82 bits per heavy atom. The lowest BCUT2D eigenvalue weighted by Gasteiger charge is -2.10. The van der Waals surface area contributed by atoms with Gasteiger partial charge in [0.05, 0.1) is 11.0 Å². The van der Waals surface area contributed by atoms with Gasteiger partial charge in [-0.15, -0.1) is 0 Å². The molecule has 1 aliphatic rings. The maximum Gasteiger partial charge on any atom is 0.244 e. The van der Waals surface area contributed by atoms with Crippen LogP contribution in [-0.2, 0) is 11.3 Å². The molecule has 4 aromatic rings. The zero-order chi connectivity index (χ0) is 18.9. The smallest absolute Gasteiger partial charge is 0.244 e. The van der Waals surface area contributed by atoms with E-state index in [2.05, 4.69) is 16.4 Å². The van der Waals surface area contributed by atoms with Gasteiger partial charge in [0.15, 0.2) is 5.82 Å². The Morgan fingerprint density at radius 1 is 1.00 bits per heavy atom. The minimum Gasteiger partial charge on any atom is -0.325 e. The number of anilines is 1. The summed E-state index contributed by atoms with van der Waals surface area (Å²) in [6.45, 7) is 0.176. The molecular weight excluding hydrogens is 348 g/mol. The molecule has 5 heteroatoms. The largest absolute Gasteiger partial charge is 0.325 e. The van der Waals surface area contributed by atoms with Crippen molar-refractivity contribution in [3.63, 3.8) is 0 Å². The highest BCUT2D eigenvalue weighted by atomic mass is 16.1. The van der Waals surface area contributed by atoms with E-state index in [1.165, 1.54) is 0 Å². The van der Waals surface area contributed by atoms with Crippen LogP contribution in [0.1, 0.15) is 12.2 Å². The van der Waals surface area contributed by atoms with Crippen molar-refractivity contribution in [1.29, 1.82) is 0 Å². The van der Waals surface area contributed by atoms with E-state index in [-0.39, 0.29) is 12.5 Å². The summed E-state index contributed by atoms with van der Waals surface area (Å²) in [7, 11) is 0. The van der Waals surface area contributed by atoms with E-state index in [4.69, 9.17) is 4.98 Å². The number of para-hydroxylation sites is 2. The molecule has 0 atom stereocenters. The van der Waals surface area contributed by atoms with Gasteiger partial charge in [-0.25, -0.2) is 4.98 Å². The molecule has 1 N–H and O–H groups in total. The van der Waals surface area contributed by atoms with Crippen LogP contribution >= 0.6 is 0 Å². The fraction of sp³-hybridized carbons (Fsp3) is 0.0870. The third-order valence-electron chi connectivity index (χ3n) is 4.87. The first-order chi connectivity index (χ1) is 13.8. The van der Waals surface area contributed by atoms with Crippen molar-refractivity contribution in [2.24, 2.45) is 4.99 Å². The Kier molecular flexibility index (Phi) is 3.98. The molecule has 0 saturated carbocycles. The maximum absolute atomic E-state index is 12.8. The highest BCUT2D eigenvalue weighted by molar-refractivity contribution is 5.95. The quantitative estimate of drug-likeness (QED) is 0.572. The standard InChI is InChI=1S/C23H18N4O/c28-22(25-18-12-11-16-6-1-2-7-17(16)14-18)15-27-21-10-4-3-8-19(21)26-23(27)20-9-5-13-24-20/h1-4,6-14H,5,15H2,(H,25,28). The minimum absolute atomic E-state index is 0.0951. The van der Waals surface area contributed by atoms with Crippen LogP contribution in [-0.4, -0.2) is 21.7 Å². The van der Waals surface area contributed by atoms with Crippen molar-refractivity contribution in [1.82, 2.24) is 9.55 Å². The van der Waals surface area contributed by atoms with Crippen LogP contribution in [0.2, 0.25) is 0 Å². The number of aliphatic imine (C=N–C) groups is 1. The molecule has 5 rings (SSSR count). The second-order valence-electron chi connectivity index (χ2n) is 6.76. The first-order valence-electron chi connectivity index (χ1n) is 9.25. The third kappa shape index (κ3) is 2.97. The predicted molar refractivity (Wildman–Crippen MR) is 113 cm³/mol. The Morgan fingerprint density at radius 3 is 2.68 bits per heavy atom. The Hall–Kier alpha value is -3.73. The van der Waals surface area contributed by atoms with E-state index in [1.807, 2.05) is 77.5 Å². The van der Waals surface area contributed by atoms with Crippen LogP contribution in [0.15, 0.2) is 77.8 Å². The summed E-state index contributed by atoms with van der Waals surface area (Å²) in [5, 5.41) is 5.25. The number of fused-ring (bicyclic) bond motifs is 2. The number of carbonyl (C=O) groups is 1. The molecule has 0 aliphatic carbocycles. The van der Waals surface area contributed by atoms with Gasteiger partial charge >= 0.3 is 0 Å². The highest BCUT2D eigenvalue weighted by Crippen LogP contribution is 2.25. The fourth-order valence-corrected chi connectivity index (χ4v) is 3.56. The number of nitrogens with zero attached hydrogens (tertiary/aromatic N) is 3. The van der Waals surface area contributed by atoms with Crippen molar-refractivity contribution in [2.75, 3.05) is 5.32 Å². The summed E-state index contributed by atoms with van der Waals surface area (Å²) >= 11 is 0. The van der Waals surface area contributed by atoms with Crippen LogP contribution in [0.5, 0.6) is 0 Å². The molecule has 28 heavy (non-hydrogen) atoms. The summed E-state index contributed by atoms with van der Waals surface area (Å²) in [5.74, 6) is 0.630. The summed E-state index contributed by atoms with van der Waals surface area (Å²) in [4.78, 5) is 21.9. The van der Waals surface area contributed by atoms with Crippen molar-refractivity contribution in [2.45, 2.75) is 13.0 Å². The van der Waals surface area contributed by atoms with Gasteiger partial charge in [-0.1, -0.05) is 42.5 Å². The van der Waals surface area contributed by atoms with Gasteiger partial charge in [-0.2, -0.15) is 0 Å². The summed E-state index contributed by atoms with van der Waals surface area (Å²) in [6, 6.07) is 21.9. The highest BCUT2D eigenvalue weighted by Gasteiger charge is 2.17. The molecule has 0 bridgehead atoms. The van der Waals surface area contributed by atoms with E-state index in [1.54, 1.807) is 0 Å². The van der Waals surface area contributed by atoms with E-state index in [9.17, 15) is 4.79 Å². The lowest BCUT2D eigenvalue weighted by molar-refractivity contribution is -0.116. The number of carbonyl (C=O) groups excluding carboxylic acids is 1. The number of amides is 1. The molecule has 1 amide bonds. The Balaban J connectivity index is 1.46. The summed E-state index contributed by atoms with van der Waals surface area (Å²) in [6.07, 6.45) is 4.68. The molecule has 0 saturated heterocycles. The predicted octanol–water partition coefficient (Wildman–Crippen LogP) is 4.64. The van der Waals surface area contributed by atoms with Gasteiger partial charge in [-0.3, -0.25) is 9.79 Å². The zero-order valence-corrected chi connectivity index (χ0v) is 15.2. The molecule has 1 aliphatic heterocycles. The number of imidazole rings is 1. The molecule has 5 nitrogen and oxygen atoms in total. The topological polar surface area (TPSA) is 59.3 Å². The lowest BCUT2D eigenvalue weighted by Crippen LogP contribution is -2.20. The van der Waals surface area contributed by atoms with Crippen LogP contribution in [0, 0.1) is 0 Å². The van der Waals surface area contributed by atoms with Crippen LogP contribution < -0.4 is 5.32 Å². The number of rotatable bonds is 4. The van der Waals surface area contributed by atoms with Crippen LogP contribution in [0.25, 0.3) is 27.5 Å². The van der Waals surface area contributed by atoms with Gasteiger partial charge in [0.1, 0.15) is 12.2 Å². The van der Waals surface area contributed by atoms with Crippen molar-refractivity contribution in [3.8, 4) is 0 Å². The van der Waals surface area contributed by atoms with E-state index >= 15 is 0 Å². The van der Waals surface area contributed by atoms with E-state index in [0.29, 0.717) is 0 Å². The zero-order valence-electron chi connectivity index (χ0n) is 15.2. The van der Waals surface area contributed by atoms with Gasteiger partial charge in [0.25, 0.3) is 0 Å². The SMILES string of the molecule is O=C(Cn1c(C2=CCC=N2)nc2ccccc21)Nc1ccc2ccccc2c1. The maximum atomic E-state index is 12.8. The number of allylic oxidation sites excluding steroid dienone is 1. The first-order valence-corrected chi connectivity index (χ1v) is 9.25. The van der Waals surface area contributed by atoms with Crippen molar-refractivity contribution < 1.29 is 4.79 Å². The monoisotopic (exact) mass is 366 g/mol. The van der Waals surface area contributed by atoms with Gasteiger partial charge < -0.3 is 9.88 Å². The first kappa shape index (κ1) is 16.4. The molecule has 0 radical (unpaired) electrons. The van der Waals surface area contributed by atoms with Crippen molar-refractivity contribution >= 4 is 45.3 Å². The molecular formula is C23H18N4O. The average molecular weight is 366 g/mol. The van der Waals surface area contributed by atoms with Crippen LogP contribution in [0.4, 0.5) is 5.69 Å². The Labute approximate surface area is 162 Å². The number of nitrogens with one attached hydrogen (secondary N) is 1. The number of hydrogen-bond donors (Lipinski definition) is 1. The fourth-order valence-electron chi connectivity index (χ4n) is 3.56. The summed E-state index contributed by atoms with van der Waals surface area (Å²) < 4.78 is 1.93. The summed E-state index contributed by atoms with van der Waals surface area (Å²) in [5.41, 5.74) is 3.38.